The minimum Gasteiger partial charge on any atom is -0.323 e. The number of aromatic nitrogens is 1. The molecule has 0 amide bonds. The standard InChI is InChI=1S/C36H42N10O2/c1-2-10-33(28-47)41-17-18-45(26-35(43-37)23-39-21-30-11-5-3-6-12-30)19-20-46(25-32-15-9-16-34(29-48)42-32)27-36(44-38)24-40-22-31-13-7-4-8-14-31/h2-17,23-24,28-29H,1,18-22,25-27,37-38H2/b33-10-,39-23?,40-24?,41-17?,43-35?,44-36?. The van der Waals surface area contributed by atoms with Gasteiger partial charge in [0.2, 0.25) is 0 Å². The van der Waals surface area contributed by atoms with Crippen LogP contribution < -0.4 is 11.7 Å². The van der Waals surface area contributed by atoms with Gasteiger partial charge in [-0.15, -0.1) is 0 Å². The predicted molar refractivity (Wildman–Crippen MR) is 195 cm³/mol. The van der Waals surface area contributed by atoms with Crippen LogP contribution in [0.15, 0.2) is 128 Å². The van der Waals surface area contributed by atoms with E-state index in [9.17, 15) is 9.59 Å². The molecule has 0 atom stereocenters. The van der Waals surface area contributed by atoms with Crippen LogP contribution in [0.1, 0.15) is 27.3 Å². The summed E-state index contributed by atoms with van der Waals surface area (Å²) in [5.41, 5.74) is 4.60. The summed E-state index contributed by atoms with van der Waals surface area (Å²) in [7, 11) is 0. The number of aliphatic imine (C=N–C) groups is 3. The Morgan fingerprint density at radius 1 is 0.771 bits per heavy atom. The second-order valence-electron chi connectivity index (χ2n) is 10.5. The molecule has 248 valence electrons. The summed E-state index contributed by atoms with van der Waals surface area (Å²) in [6.07, 6.45) is 9.43. The number of nitrogens with two attached hydrogens (primary N) is 2. The summed E-state index contributed by atoms with van der Waals surface area (Å²) >= 11 is 0. The molecule has 0 radical (unpaired) electrons. The van der Waals surface area contributed by atoms with Crippen molar-refractivity contribution in [3.05, 3.63) is 126 Å². The number of rotatable bonds is 21. The maximum atomic E-state index is 11.4. The molecule has 3 rings (SSSR count). The van der Waals surface area contributed by atoms with Crippen molar-refractivity contribution in [3.8, 4) is 0 Å². The first-order valence-electron chi connectivity index (χ1n) is 15.3. The lowest BCUT2D eigenvalue weighted by Crippen LogP contribution is -2.41. The van der Waals surface area contributed by atoms with Crippen LogP contribution in [0.3, 0.4) is 0 Å². The molecule has 12 heteroatoms. The lowest BCUT2D eigenvalue weighted by atomic mass is 10.2. The average Bonchev–Trinajstić information content (AvgIpc) is 3.13. The number of hydrazone groups is 2. The molecule has 1 aromatic heterocycles. The van der Waals surface area contributed by atoms with Crippen LogP contribution in [0, 0.1) is 0 Å². The zero-order chi connectivity index (χ0) is 34.2. The fraction of sp³-hybridized carbons (Fsp3) is 0.222. The van der Waals surface area contributed by atoms with E-state index in [0.29, 0.717) is 81.5 Å². The van der Waals surface area contributed by atoms with E-state index in [1.807, 2.05) is 66.7 Å². The van der Waals surface area contributed by atoms with E-state index in [0.717, 1.165) is 17.4 Å². The van der Waals surface area contributed by atoms with Gasteiger partial charge in [0.25, 0.3) is 0 Å². The molecule has 0 saturated carbocycles. The topological polar surface area (TPSA) is 167 Å². The second-order valence-corrected chi connectivity index (χ2v) is 10.5. The molecule has 0 aliphatic heterocycles. The van der Waals surface area contributed by atoms with E-state index in [2.05, 4.69) is 46.5 Å². The minimum atomic E-state index is 0.253. The number of pyridine rings is 1. The highest BCUT2D eigenvalue weighted by molar-refractivity contribution is 6.32. The molecule has 0 unspecified atom stereocenters. The average molecular weight is 647 g/mol. The Labute approximate surface area is 281 Å². The van der Waals surface area contributed by atoms with Gasteiger partial charge in [-0.05, 0) is 29.3 Å². The predicted octanol–water partition coefficient (Wildman–Crippen LogP) is 3.51. The SMILES string of the molecule is C=C/C=C(/C=O)N=CCN(CCN(CC(C=NCc1ccccc1)=NN)Cc1cccc(C=O)n1)CC(C=NCc1ccccc1)=NN. The molecule has 0 aliphatic rings. The van der Waals surface area contributed by atoms with Crippen LogP contribution in [-0.2, 0) is 24.4 Å². The van der Waals surface area contributed by atoms with E-state index in [1.165, 1.54) is 12.2 Å². The van der Waals surface area contributed by atoms with Crippen molar-refractivity contribution in [3.63, 3.8) is 0 Å². The van der Waals surface area contributed by atoms with Gasteiger partial charge in [0.15, 0.2) is 12.6 Å². The highest BCUT2D eigenvalue weighted by Gasteiger charge is 2.14. The molecule has 48 heavy (non-hydrogen) atoms. The third-order valence-electron chi connectivity index (χ3n) is 6.87. The van der Waals surface area contributed by atoms with E-state index in [4.69, 9.17) is 11.7 Å². The first kappa shape index (κ1) is 36.7. The molecule has 0 fully saturated rings. The van der Waals surface area contributed by atoms with E-state index >= 15 is 0 Å². The molecule has 1 heterocycles. The number of carbonyl (C=O) groups excluding carboxylic acids is 2. The van der Waals surface area contributed by atoms with Crippen LogP contribution in [0.2, 0.25) is 0 Å². The maximum absolute atomic E-state index is 11.4. The molecule has 0 saturated heterocycles. The molecular formula is C36H42N10O2. The van der Waals surface area contributed by atoms with Crippen molar-refractivity contribution >= 4 is 42.6 Å². The number of carbonyl (C=O) groups is 2. The molecule has 0 spiro atoms. The molecule has 3 aromatic rings. The molecule has 4 N–H and O–H groups in total. The van der Waals surface area contributed by atoms with Gasteiger partial charge in [0, 0.05) is 57.9 Å². The second kappa shape index (κ2) is 21.9. The summed E-state index contributed by atoms with van der Waals surface area (Å²) in [5, 5.41) is 7.96. The summed E-state index contributed by atoms with van der Waals surface area (Å²) in [6, 6.07) is 25.1. The molecule has 12 nitrogen and oxygen atoms in total. The van der Waals surface area contributed by atoms with Gasteiger partial charge in [-0.25, -0.2) is 4.98 Å². The quantitative estimate of drug-likeness (QED) is 0.0446. The van der Waals surface area contributed by atoms with Crippen molar-refractivity contribution in [2.24, 2.45) is 36.9 Å². The minimum absolute atomic E-state index is 0.253. The zero-order valence-corrected chi connectivity index (χ0v) is 27.0. The first-order valence-corrected chi connectivity index (χ1v) is 15.3. The Balaban J connectivity index is 1.79. The normalized spacial score (nSPS) is 12.9. The summed E-state index contributed by atoms with van der Waals surface area (Å²) in [6.45, 7) is 7.23. The Bertz CT molecular complexity index is 1620. The summed E-state index contributed by atoms with van der Waals surface area (Å²) in [4.78, 5) is 44.8. The van der Waals surface area contributed by atoms with E-state index in [1.54, 1.807) is 30.8 Å². The largest absolute Gasteiger partial charge is 0.323 e. The van der Waals surface area contributed by atoms with Crippen molar-refractivity contribution < 1.29 is 9.59 Å². The summed E-state index contributed by atoms with van der Waals surface area (Å²) < 4.78 is 0. The number of hydrogen-bond acceptors (Lipinski definition) is 12. The van der Waals surface area contributed by atoms with Gasteiger partial charge < -0.3 is 11.7 Å². The lowest BCUT2D eigenvalue weighted by molar-refractivity contribution is -0.104. The Kier molecular flexibility index (Phi) is 16.8. The first-order chi connectivity index (χ1) is 23.6. The van der Waals surface area contributed by atoms with Gasteiger partial charge >= 0.3 is 0 Å². The number of benzene rings is 2. The van der Waals surface area contributed by atoms with Crippen LogP contribution in [0.5, 0.6) is 0 Å². The smallest absolute Gasteiger partial charge is 0.168 e. The van der Waals surface area contributed by atoms with Gasteiger partial charge in [0.05, 0.1) is 30.2 Å². The van der Waals surface area contributed by atoms with Crippen molar-refractivity contribution in [2.75, 3.05) is 32.7 Å². The fourth-order valence-electron chi connectivity index (χ4n) is 4.48. The monoisotopic (exact) mass is 646 g/mol. The van der Waals surface area contributed by atoms with Crippen molar-refractivity contribution in [1.29, 1.82) is 0 Å². The van der Waals surface area contributed by atoms with Crippen LogP contribution in [0.25, 0.3) is 0 Å². The summed E-state index contributed by atoms with van der Waals surface area (Å²) in [5.74, 6) is 11.6. The Hall–Kier alpha value is -5.72. The van der Waals surface area contributed by atoms with Gasteiger partial charge in [-0.2, -0.15) is 10.2 Å². The molecular weight excluding hydrogens is 604 g/mol. The van der Waals surface area contributed by atoms with Crippen molar-refractivity contribution in [1.82, 2.24) is 14.8 Å². The molecule has 0 bridgehead atoms. The third-order valence-corrected chi connectivity index (χ3v) is 6.87. The molecule has 0 aliphatic carbocycles. The zero-order valence-electron chi connectivity index (χ0n) is 27.0. The van der Waals surface area contributed by atoms with Crippen molar-refractivity contribution in [2.45, 2.75) is 19.6 Å². The number of nitrogens with zero attached hydrogens (tertiary/aromatic N) is 8. The van der Waals surface area contributed by atoms with E-state index in [-0.39, 0.29) is 5.70 Å². The Morgan fingerprint density at radius 3 is 1.90 bits per heavy atom. The number of hydrogen-bond donors (Lipinski definition) is 2. The van der Waals surface area contributed by atoms with Crippen LogP contribution in [0.4, 0.5) is 0 Å². The maximum Gasteiger partial charge on any atom is 0.168 e. The highest BCUT2D eigenvalue weighted by Crippen LogP contribution is 2.06. The molecule has 2 aromatic carbocycles. The van der Waals surface area contributed by atoms with Crippen LogP contribution in [-0.4, -0.2) is 90.1 Å². The van der Waals surface area contributed by atoms with E-state index < -0.39 is 0 Å². The fourth-order valence-corrected chi connectivity index (χ4v) is 4.48. The van der Waals surface area contributed by atoms with Crippen LogP contribution >= 0.6 is 0 Å². The van der Waals surface area contributed by atoms with Gasteiger partial charge in [0.1, 0.15) is 11.4 Å². The number of aldehydes is 2. The highest BCUT2D eigenvalue weighted by atomic mass is 16.1. The lowest BCUT2D eigenvalue weighted by Gasteiger charge is -2.26. The third kappa shape index (κ3) is 14.1. The number of allylic oxidation sites excluding steroid dienone is 3. The Morgan fingerprint density at radius 2 is 1.35 bits per heavy atom. The van der Waals surface area contributed by atoms with Gasteiger partial charge in [-0.3, -0.25) is 34.4 Å². The van der Waals surface area contributed by atoms with Gasteiger partial charge in [-0.1, -0.05) is 79.4 Å².